The minimum Gasteiger partial charge on any atom is -0.504 e. The van der Waals surface area contributed by atoms with E-state index in [-0.39, 0.29) is 42.8 Å². The summed E-state index contributed by atoms with van der Waals surface area (Å²) in [6, 6.07) is 8.17. The molecule has 2 aromatic carbocycles. The highest BCUT2D eigenvalue weighted by Gasteiger charge is 2.46. The number of phenols is 1. The number of fused-ring (bicyclic) bond motifs is 1. The van der Waals surface area contributed by atoms with Gasteiger partial charge in [-0.15, -0.1) is 0 Å². The van der Waals surface area contributed by atoms with Gasteiger partial charge in [0.1, 0.15) is 42.7 Å². The molecule has 256 valence electrons. The smallest absolute Gasteiger partial charge is 0.229 e. The van der Waals surface area contributed by atoms with Gasteiger partial charge in [0.15, 0.2) is 29.3 Å². The van der Waals surface area contributed by atoms with E-state index in [1.165, 1.54) is 20.3 Å². The molecule has 0 spiro atoms. The van der Waals surface area contributed by atoms with E-state index in [9.17, 15) is 46.0 Å². The molecule has 0 unspecified atom stereocenters. The van der Waals surface area contributed by atoms with Crippen LogP contribution in [-0.2, 0) is 20.6 Å². The summed E-state index contributed by atoms with van der Waals surface area (Å²) in [7, 11) is 2.82. The Labute approximate surface area is 264 Å². The third kappa shape index (κ3) is 6.63. The average molecular weight is 655 g/mol. The predicted molar refractivity (Wildman–Crippen MR) is 155 cm³/mol. The zero-order valence-corrected chi connectivity index (χ0v) is 25.3. The summed E-state index contributed by atoms with van der Waals surface area (Å²) < 4.78 is 33.9. The van der Waals surface area contributed by atoms with Gasteiger partial charge in [-0.3, -0.25) is 0 Å². The van der Waals surface area contributed by atoms with E-state index in [0.717, 1.165) is 5.56 Å². The molecule has 0 aromatic heterocycles. The zero-order chi connectivity index (χ0) is 33.3. The topological polar surface area (TPSA) is 237 Å². The van der Waals surface area contributed by atoms with Crippen LogP contribution in [0.3, 0.4) is 0 Å². The maximum atomic E-state index is 10.6. The van der Waals surface area contributed by atoms with Gasteiger partial charge in [-0.1, -0.05) is 6.07 Å². The molecule has 0 amide bonds. The summed E-state index contributed by atoms with van der Waals surface area (Å²) in [6.45, 7) is -1.22. The number of ether oxygens (including phenoxy) is 6. The first-order valence-corrected chi connectivity index (χ1v) is 15.0. The lowest BCUT2D eigenvalue weighted by atomic mass is 9.67. The highest BCUT2D eigenvalue weighted by molar-refractivity contribution is 5.54. The van der Waals surface area contributed by atoms with Crippen LogP contribution in [0.25, 0.3) is 0 Å². The van der Waals surface area contributed by atoms with Crippen molar-refractivity contribution in [3.05, 3.63) is 47.0 Å². The lowest BCUT2D eigenvalue weighted by Crippen LogP contribution is -2.60. The second-order valence-corrected chi connectivity index (χ2v) is 11.8. The molecule has 3 aliphatic rings. The Kier molecular flexibility index (Phi) is 10.9. The van der Waals surface area contributed by atoms with Gasteiger partial charge >= 0.3 is 0 Å². The average Bonchev–Trinajstić information content (AvgIpc) is 3.06. The Hall–Kier alpha value is -2.80. The molecule has 0 bridgehead atoms. The Bertz CT molecular complexity index is 1320. The van der Waals surface area contributed by atoms with Crippen LogP contribution in [0, 0.1) is 11.8 Å². The number of hydrogen-bond acceptors (Lipinski definition) is 15. The van der Waals surface area contributed by atoms with E-state index in [0.29, 0.717) is 17.5 Å². The number of benzene rings is 2. The van der Waals surface area contributed by atoms with Crippen LogP contribution in [0.5, 0.6) is 23.0 Å². The van der Waals surface area contributed by atoms with Crippen LogP contribution in [0.2, 0.25) is 0 Å². The van der Waals surface area contributed by atoms with Crippen molar-refractivity contribution in [2.45, 2.75) is 67.6 Å². The van der Waals surface area contributed by atoms with E-state index < -0.39 is 79.7 Å². The predicted octanol–water partition coefficient (Wildman–Crippen LogP) is -2.04. The molecule has 2 aromatic rings. The molecule has 15 nitrogen and oxygen atoms in total. The molecule has 12 atom stereocenters. The molecule has 15 heteroatoms. The van der Waals surface area contributed by atoms with Crippen molar-refractivity contribution in [1.82, 2.24) is 0 Å². The van der Waals surface area contributed by atoms with Crippen molar-refractivity contribution in [2.24, 2.45) is 11.8 Å². The van der Waals surface area contributed by atoms with Crippen LogP contribution < -0.4 is 14.2 Å². The molecule has 2 saturated heterocycles. The number of aliphatic hydroxyl groups is 8. The van der Waals surface area contributed by atoms with Gasteiger partial charge in [0, 0.05) is 12.5 Å². The van der Waals surface area contributed by atoms with Crippen molar-refractivity contribution in [1.29, 1.82) is 0 Å². The number of phenolic OH excluding ortho intramolecular Hbond substituents is 1. The van der Waals surface area contributed by atoms with Gasteiger partial charge < -0.3 is 74.4 Å². The zero-order valence-electron chi connectivity index (χ0n) is 25.3. The van der Waals surface area contributed by atoms with Crippen LogP contribution >= 0.6 is 0 Å². The normalized spacial score (nSPS) is 36.1. The van der Waals surface area contributed by atoms with E-state index in [4.69, 9.17) is 28.4 Å². The monoisotopic (exact) mass is 654 g/mol. The van der Waals surface area contributed by atoms with Gasteiger partial charge in [-0.05, 0) is 59.2 Å². The van der Waals surface area contributed by atoms with E-state index >= 15 is 0 Å². The lowest BCUT2D eigenvalue weighted by Gasteiger charge is -2.42. The molecular formula is C31H42O15. The summed E-state index contributed by atoms with van der Waals surface area (Å²) in [4.78, 5) is 0. The van der Waals surface area contributed by atoms with Crippen LogP contribution in [0.4, 0.5) is 0 Å². The van der Waals surface area contributed by atoms with Gasteiger partial charge in [-0.2, -0.15) is 0 Å². The first-order chi connectivity index (χ1) is 22.0. The Morgan fingerprint density at radius 1 is 0.783 bits per heavy atom. The number of hydrogen-bond donors (Lipinski definition) is 9. The fourth-order valence-corrected chi connectivity index (χ4v) is 6.44. The Balaban J connectivity index is 1.55. The molecule has 2 fully saturated rings. The van der Waals surface area contributed by atoms with Crippen molar-refractivity contribution in [3.8, 4) is 23.0 Å². The lowest BCUT2D eigenvalue weighted by molar-refractivity contribution is -0.277. The first-order valence-electron chi connectivity index (χ1n) is 15.0. The quantitative estimate of drug-likeness (QED) is 0.134. The Morgan fingerprint density at radius 2 is 1.50 bits per heavy atom. The fraction of sp³-hybridized carbons (Fsp3) is 0.613. The van der Waals surface area contributed by atoms with Gasteiger partial charge in [0.2, 0.25) is 6.29 Å². The summed E-state index contributed by atoms with van der Waals surface area (Å²) >= 11 is 0. The Morgan fingerprint density at radius 3 is 2.17 bits per heavy atom. The first kappa shape index (κ1) is 34.5. The van der Waals surface area contributed by atoms with Crippen LogP contribution in [0.15, 0.2) is 30.3 Å². The molecule has 1 aliphatic carbocycles. The fourth-order valence-electron chi connectivity index (χ4n) is 6.44. The highest BCUT2D eigenvalue weighted by Crippen LogP contribution is 2.49. The minimum absolute atomic E-state index is 0.0714. The van der Waals surface area contributed by atoms with Crippen molar-refractivity contribution in [3.63, 3.8) is 0 Å². The molecule has 0 radical (unpaired) electrons. The third-order valence-corrected chi connectivity index (χ3v) is 9.07. The maximum absolute atomic E-state index is 10.6. The second-order valence-electron chi connectivity index (χ2n) is 11.8. The SMILES string of the molecule is COc1cc([C@H]2c3cc(O[C@@H]4O[C@H](CO)[C@@H](O)[C@H](O)[C@H]4O)c(OC)cc3C[C@@H](CO)[C@@H]2CO[C@@H]2OC[C@@H](O)[C@H](O)[C@H]2O)ccc1O. The largest absolute Gasteiger partial charge is 0.504 e. The molecule has 0 saturated carbocycles. The van der Waals surface area contributed by atoms with Crippen LogP contribution in [0.1, 0.15) is 22.6 Å². The van der Waals surface area contributed by atoms with Crippen molar-refractivity contribution >= 4 is 0 Å². The molecule has 2 aliphatic heterocycles. The van der Waals surface area contributed by atoms with Crippen molar-refractivity contribution in [2.75, 3.05) is 40.6 Å². The summed E-state index contributed by atoms with van der Waals surface area (Å²) in [5, 5.41) is 92.1. The highest BCUT2D eigenvalue weighted by atomic mass is 16.7. The molecule has 2 heterocycles. The number of aliphatic hydroxyl groups excluding tert-OH is 8. The summed E-state index contributed by atoms with van der Waals surface area (Å²) in [5.41, 5.74) is 2.12. The number of methoxy groups -OCH3 is 2. The van der Waals surface area contributed by atoms with Crippen LogP contribution in [-0.4, -0.2) is 142 Å². The number of aromatic hydroxyl groups is 1. The van der Waals surface area contributed by atoms with E-state index in [1.54, 1.807) is 24.3 Å². The summed E-state index contributed by atoms with van der Waals surface area (Å²) in [5.74, 6) is -0.993. The molecule has 46 heavy (non-hydrogen) atoms. The maximum Gasteiger partial charge on any atom is 0.229 e. The minimum atomic E-state index is -1.67. The molecule has 9 N–H and O–H groups in total. The van der Waals surface area contributed by atoms with Gasteiger partial charge in [0.05, 0.1) is 34.0 Å². The van der Waals surface area contributed by atoms with Gasteiger partial charge in [-0.25, -0.2) is 0 Å². The van der Waals surface area contributed by atoms with Gasteiger partial charge in [0.25, 0.3) is 0 Å². The third-order valence-electron chi connectivity index (χ3n) is 9.07. The van der Waals surface area contributed by atoms with E-state index in [2.05, 4.69) is 0 Å². The summed E-state index contributed by atoms with van der Waals surface area (Å²) in [6.07, 6.45) is -12.8. The molecule has 5 rings (SSSR count). The number of rotatable bonds is 10. The standard InChI is InChI=1S/C31H42O15/c1-41-20-6-13(3-4-18(20)34)24-16-8-22(45-31-29(40)27(38)26(37)23(10-33)46-31)21(42-2)7-14(16)5-15(9-32)17(24)11-43-30-28(39)25(36)19(35)12-44-30/h3-4,6-8,15,17,19,23-40H,5,9-12H2,1-2H3/t15-,17-,19+,23+,24-,25-,26+,27-,28+,29+,30+,31+/m0/s1. The second kappa shape index (κ2) is 14.5. The molecular weight excluding hydrogens is 612 g/mol. The van der Waals surface area contributed by atoms with E-state index in [1.807, 2.05) is 0 Å². The van der Waals surface area contributed by atoms with Crippen molar-refractivity contribution < 1.29 is 74.4 Å².